The summed E-state index contributed by atoms with van der Waals surface area (Å²) < 4.78 is 0. The molecular weight excluding hydrogens is 260 g/mol. The molecule has 0 amide bonds. The van der Waals surface area contributed by atoms with Crippen LogP contribution < -0.4 is 5.32 Å². The van der Waals surface area contributed by atoms with Crippen molar-refractivity contribution in [2.75, 3.05) is 5.32 Å². The van der Waals surface area contributed by atoms with Crippen LogP contribution in [0.5, 0.6) is 0 Å². The molecule has 1 aromatic carbocycles. The van der Waals surface area contributed by atoms with Gasteiger partial charge in [0.2, 0.25) is 0 Å². The summed E-state index contributed by atoms with van der Waals surface area (Å²) in [6.45, 7) is 8.72. The molecule has 0 radical (unpaired) electrons. The number of benzene rings is 1. The summed E-state index contributed by atoms with van der Waals surface area (Å²) in [7, 11) is 0. The molecule has 0 saturated heterocycles. The minimum absolute atomic E-state index is 0.518. The Balaban J connectivity index is 2.10. The molecule has 4 nitrogen and oxygen atoms in total. The van der Waals surface area contributed by atoms with E-state index in [9.17, 15) is 0 Å². The summed E-state index contributed by atoms with van der Waals surface area (Å²) >= 11 is 0. The second kappa shape index (κ2) is 7.25. The van der Waals surface area contributed by atoms with E-state index >= 15 is 0 Å². The topological polar surface area (TPSA) is 53.6 Å². The summed E-state index contributed by atoms with van der Waals surface area (Å²) in [5.41, 5.74) is 2.19. The van der Waals surface area contributed by atoms with Crippen LogP contribution in [0.2, 0.25) is 0 Å². The lowest BCUT2D eigenvalue weighted by atomic mass is 9.97. The molecule has 0 aliphatic heterocycles. The van der Waals surface area contributed by atoms with E-state index in [1.54, 1.807) is 0 Å². The Hall–Kier alpha value is -1.84. The van der Waals surface area contributed by atoms with Crippen molar-refractivity contribution >= 4 is 5.69 Å². The van der Waals surface area contributed by atoms with Gasteiger partial charge in [-0.2, -0.15) is 5.10 Å². The Morgan fingerprint density at radius 3 is 2.67 bits per heavy atom. The SMILES string of the molecule is CCC(C)CC(CC)Nc1cccc(-c2n[nH]c(C)n2)c1. The van der Waals surface area contributed by atoms with Crippen molar-refractivity contribution in [1.82, 2.24) is 15.2 Å². The molecule has 2 aromatic rings. The van der Waals surface area contributed by atoms with Gasteiger partial charge in [-0.1, -0.05) is 39.3 Å². The van der Waals surface area contributed by atoms with Gasteiger partial charge in [0.1, 0.15) is 5.82 Å². The van der Waals surface area contributed by atoms with E-state index in [0.29, 0.717) is 6.04 Å². The molecule has 21 heavy (non-hydrogen) atoms. The maximum Gasteiger partial charge on any atom is 0.181 e. The fourth-order valence-electron chi connectivity index (χ4n) is 2.44. The van der Waals surface area contributed by atoms with Crippen LogP contribution in [0.25, 0.3) is 11.4 Å². The number of aromatic amines is 1. The van der Waals surface area contributed by atoms with Crippen LogP contribution in [0, 0.1) is 12.8 Å². The first-order valence-corrected chi connectivity index (χ1v) is 7.88. The van der Waals surface area contributed by atoms with Crippen LogP contribution in [-0.4, -0.2) is 21.2 Å². The Morgan fingerprint density at radius 2 is 2.05 bits per heavy atom. The molecule has 0 saturated carbocycles. The highest BCUT2D eigenvalue weighted by molar-refractivity contribution is 5.62. The summed E-state index contributed by atoms with van der Waals surface area (Å²) in [5, 5.41) is 10.8. The fraction of sp³-hybridized carbons (Fsp3) is 0.529. The van der Waals surface area contributed by atoms with Crippen LogP contribution >= 0.6 is 0 Å². The molecule has 4 heteroatoms. The molecule has 0 fully saturated rings. The van der Waals surface area contributed by atoms with Gasteiger partial charge in [-0.3, -0.25) is 5.10 Å². The van der Waals surface area contributed by atoms with Gasteiger partial charge in [0.05, 0.1) is 0 Å². The van der Waals surface area contributed by atoms with E-state index in [1.165, 1.54) is 12.8 Å². The van der Waals surface area contributed by atoms with Crippen LogP contribution in [-0.2, 0) is 0 Å². The summed E-state index contributed by atoms with van der Waals surface area (Å²) in [6, 6.07) is 8.86. The molecule has 2 rings (SSSR count). The maximum atomic E-state index is 4.39. The molecule has 0 bridgehead atoms. The van der Waals surface area contributed by atoms with Gasteiger partial charge in [-0.25, -0.2) is 4.98 Å². The summed E-state index contributed by atoms with van der Waals surface area (Å²) in [6.07, 6.45) is 3.57. The second-order valence-corrected chi connectivity index (χ2v) is 5.82. The zero-order valence-electron chi connectivity index (χ0n) is 13.5. The van der Waals surface area contributed by atoms with Crippen molar-refractivity contribution in [3.05, 3.63) is 30.1 Å². The van der Waals surface area contributed by atoms with Gasteiger partial charge in [-0.05, 0) is 37.8 Å². The van der Waals surface area contributed by atoms with Gasteiger partial charge in [0.15, 0.2) is 5.82 Å². The molecule has 1 aromatic heterocycles. The van der Waals surface area contributed by atoms with Crippen molar-refractivity contribution in [1.29, 1.82) is 0 Å². The number of aryl methyl sites for hydroxylation is 1. The third-order valence-electron chi connectivity index (χ3n) is 3.97. The Bertz CT molecular complexity index is 561. The minimum Gasteiger partial charge on any atom is -0.382 e. The largest absolute Gasteiger partial charge is 0.382 e. The maximum absolute atomic E-state index is 4.39. The van der Waals surface area contributed by atoms with Gasteiger partial charge in [0.25, 0.3) is 0 Å². The third-order valence-corrected chi connectivity index (χ3v) is 3.97. The zero-order valence-corrected chi connectivity index (χ0v) is 13.5. The summed E-state index contributed by atoms with van der Waals surface area (Å²) in [4.78, 5) is 4.39. The van der Waals surface area contributed by atoms with E-state index in [2.05, 4.69) is 59.5 Å². The lowest BCUT2D eigenvalue weighted by Gasteiger charge is -2.21. The lowest BCUT2D eigenvalue weighted by molar-refractivity contribution is 0.462. The second-order valence-electron chi connectivity index (χ2n) is 5.82. The Labute approximate surface area is 127 Å². The molecular formula is C17H26N4. The van der Waals surface area contributed by atoms with Crippen molar-refractivity contribution in [3.8, 4) is 11.4 Å². The molecule has 114 valence electrons. The quantitative estimate of drug-likeness (QED) is 0.793. The average Bonchev–Trinajstić information content (AvgIpc) is 2.93. The van der Waals surface area contributed by atoms with E-state index in [4.69, 9.17) is 0 Å². The van der Waals surface area contributed by atoms with Gasteiger partial charge < -0.3 is 5.32 Å². The minimum atomic E-state index is 0.518. The molecule has 0 aliphatic carbocycles. The molecule has 2 atom stereocenters. The normalized spacial score (nSPS) is 13.9. The van der Waals surface area contributed by atoms with Crippen molar-refractivity contribution in [3.63, 3.8) is 0 Å². The number of nitrogens with one attached hydrogen (secondary N) is 2. The highest BCUT2D eigenvalue weighted by Crippen LogP contribution is 2.22. The van der Waals surface area contributed by atoms with Gasteiger partial charge in [0, 0.05) is 17.3 Å². The van der Waals surface area contributed by atoms with E-state index in [-0.39, 0.29) is 0 Å². The fourth-order valence-corrected chi connectivity index (χ4v) is 2.44. The number of H-pyrrole nitrogens is 1. The Kier molecular flexibility index (Phi) is 5.37. The molecule has 1 heterocycles. The lowest BCUT2D eigenvalue weighted by Crippen LogP contribution is -2.21. The highest BCUT2D eigenvalue weighted by Gasteiger charge is 2.11. The number of aromatic nitrogens is 3. The zero-order chi connectivity index (χ0) is 15.2. The van der Waals surface area contributed by atoms with Crippen molar-refractivity contribution < 1.29 is 0 Å². The molecule has 2 N–H and O–H groups in total. The average molecular weight is 286 g/mol. The van der Waals surface area contributed by atoms with Crippen LogP contribution in [0.15, 0.2) is 24.3 Å². The number of hydrogen-bond donors (Lipinski definition) is 2. The predicted molar refractivity (Wildman–Crippen MR) is 88.3 cm³/mol. The highest BCUT2D eigenvalue weighted by atomic mass is 15.2. The first-order valence-electron chi connectivity index (χ1n) is 7.88. The van der Waals surface area contributed by atoms with Crippen molar-refractivity contribution in [2.24, 2.45) is 5.92 Å². The van der Waals surface area contributed by atoms with Gasteiger partial charge in [-0.15, -0.1) is 0 Å². The van der Waals surface area contributed by atoms with Crippen molar-refractivity contribution in [2.45, 2.75) is 53.0 Å². The molecule has 0 aliphatic rings. The van der Waals surface area contributed by atoms with Crippen LogP contribution in [0.1, 0.15) is 45.9 Å². The monoisotopic (exact) mass is 286 g/mol. The third kappa shape index (κ3) is 4.31. The standard InChI is InChI=1S/C17H26N4/c1-5-12(3)10-15(6-2)19-16-9-7-8-14(11-16)17-18-13(4)20-21-17/h7-9,11-12,15,19H,5-6,10H2,1-4H3,(H,18,20,21). The van der Waals surface area contributed by atoms with Gasteiger partial charge >= 0.3 is 0 Å². The predicted octanol–water partition coefficient (Wildman–Crippen LogP) is 4.41. The number of nitrogens with zero attached hydrogens (tertiary/aromatic N) is 2. The van der Waals surface area contributed by atoms with Crippen LogP contribution in [0.3, 0.4) is 0 Å². The first-order chi connectivity index (χ1) is 10.1. The van der Waals surface area contributed by atoms with E-state index in [1.807, 2.05) is 13.0 Å². The molecule has 2 unspecified atom stereocenters. The van der Waals surface area contributed by atoms with E-state index < -0.39 is 0 Å². The van der Waals surface area contributed by atoms with E-state index in [0.717, 1.165) is 35.2 Å². The summed E-state index contributed by atoms with van der Waals surface area (Å²) in [5.74, 6) is 2.35. The number of hydrogen-bond acceptors (Lipinski definition) is 3. The number of anilines is 1. The smallest absolute Gasteiger partial charge is 0.181 e. The number of rotatable bonds is 7. The molecule has 0 spiro atoms. The van der Waals surface area contributed by atoms with Crippen LogP contribution in [0.4, 0.5) is 5.69 Å². The first kappa shape index (κ1) is 15.5. The Morgan fingerprint density at radius 1 is 1.24 bits per heavy atom.